The summed E-state index contributed by atoms with van der Waals surface area (Å²) in [4.78, 5) is 12.9. The third-order valence-corrected chi connectivity index (χ3v) is 4.37. The predicted octanol–water partition coefficient (Wildman–Crippen LogP) is 5.87. The molecule has 1 heterocycles. The van der Waals surface area contributed by atoms with E-state index in [1.54, 1.807) is 6.07 Å². The minimum absolute atomic E-state index is 0.00341. The molecule has 1 N–H and O–H groups in total. The molecule has 0 saturated carbocycles. The summed E-state index contributed by atoms with van der Waals surface area (Å²) < 4.78 is 40.5. The van der Waals surface area contributed by atoms with Gasteiger partial charge in [0.15, 0.2) is 5.76 Å². The number of rotatable bonds is 7. The number of ether oxygens (including phenoxy) is 2. The number of furan rings is 1. The van der Waals surface area contributed by atoms with Gasteiger partial charge in [-0.2, -0.15) is 8.78 Å². The first kappa shape index (κ1) is 19.4. The minimum atomic E-state index is -2.91. The molecule has 0 aliphatic heterocycles. The first-order valence-corrected chi connectivity index (χ1v) is 9.14. The first-order chi connectivity index (χ1) is 14.6. The average molecular weight is 409 g/mol. The van der Waals surface area contributed by atoms with Crippen LogP contribution in [-0.2, 0) is 6.61 Å². The van der Waals surface area contributed by atoms with Gasteiger partial charge < -0.3 is 19.2 Å². The highest BCUT2D eigenvalue weighted by atomic mass is 19.3. The molecule has 1 aromatic heterocycles. The molecule has 1 amide bonds. The Morgan fingerprint density at radius 2 is 1.60 bits per heavy atom. The van der Waals surface area contributed by atoms with Crippen molar-refractivity contribution in [2.45, 2.75) is 13.2 Å². The largest absolute Gasteiger partial charge is 0.489 e. The van der Waals surface area contributed by atoms with Gasteiger partial charge in [-0.15, -0.1) is 0 Å². The number of carbonyl (C=O) groups excluding carboxylic acids is 1. The molecule has 0 aliphatic rings. The summed E-state index contributed by atoms with van der Waals surface area (Å²) in [6.45, 7) is -2.77. The predicted molar refractivity (Wildman–Crippen MR) is 108 cm³/mol. The lowest BCUT2D eigenvalue weighted by molar-refractivity contribution is -0.0498. The highest BCUT2D eigenvalue weighted by molar-refractivity contribution is 6.06. The van der Waals surface area contributed by atoms with Gasteiger partial charge in [0.25, 0.3) is 5.91 Å². The molecule has 0 radical (unpaired) electrons. The van der Waals surface area contributed by atoms with Gasteiger partial charge in [0, 0.05) is 16.6 Å². The van der Waals surface area contributed by atoms with Crippen molar-refractivity contribution in [1.29, 1.82) is 0 Å². The highest BCUT2D eigenvalue weighted by Gasteiger charge is 2.21. The minimum Gasteiger partial charge on any atom is -0.489 e. The maximum Gasteiger partial charge on any atom is 0.387 e. The zero-order valence-electron chi connectivity index (χ0n) is 15.7. The molecule has 4 rings (SSSR count). The third-order valence-electron chi connectivity index (χ3n) is 4.37. The van der Waals surface area contributed by atoms with E-state index in [4.69, 9.17) is 9.15 Å². The van der Waals surface area contributed by atoms with Gasteiger partial charge in [-0.1, -0.05) is 36.4 Å². The number of anilines is 1. The van der Waals surface area contributed by atoms with Crippen LogP contribution in [0.5, 0.6) is 11.5 Å². The number of nitrogens with one attached hydrogen (secondary N) is 1. The molecular formula is C23H17F2NO4. The van der Waals surface area contributed by atoms with E-state index in [0.717, 1.165) is 5.39 Å². The fraction of sp³-hybridized carbons (Fsp3) is 0.0870. The Labute approximate surface area is 170 Å². The van der Waals surface area contributed by atoms with Crippen LogP contribution in [0.1, 0.15) is 16.1 Å². The quantitative estimate of drug-likeness (QED) is 0.415. The topological polar surface area (TPSA) is 60.7 Å². The number of hydrogen-bond donors (Lipinski definition) is 1. The van der Waals surface area contributed by atoms with Crippen LogP contribution >= 0.6 is 0 Å². The molecule has 0 aliphatic carbocycles. The summed E-state index contributed by atoms with van der Waals surface area (Å²) in [7, 11) is 0. The Morgan fingerprint density at radius 3 is 2.33 bits per heavy atom. The summed E-state index contributed by atoms with van der Waals surface area (Å²) >= 11 is 0. The van der Waals surface area contributed by atoms with Crippen molar-refractivity contribution in [1.82, 2.24) is 0 Å². The van der Waals surface area contributed by atoms with Crippen LogP contribution in [0.3, 0.4) is 0 Å². The van der Waals surface area contributed by atoms with E-state index in [1.165, 1.54) is 24.3 Å². The van der Waals surface area contributed by atoms with E-state index in [0.29, 0.717) is 22.6 Å². The van der Waals surface area contributed by atoms with Crippen LogP contribution in [0.4, 0.5) is 14.5 Å². The Hall–Kier alpha value is -3.87. The highest BCUT2D eigenvalue weighted by Crippen LogP contribution is 2.28. The molecule has 3 aromatic carbocycles. The monoisotopic (exact) mass is 409 g/mol. The first-order valence-electron chi connectivity index (χ1n) is 9.14. The maximum atomic E-state index is 12.9. The molecule has 30 heavy (non-hydrogen) atoms. The number of benzene rings is 3. The van der Waals surface area contributed by atoms with Crippen molar-refractivity contribution in [2.75, 3.05) is 5.32 Å². The second-order valence-corrected chi connectivity index (χ2v) is 6.36. The number of para-hydroxylation sites is 2. The van der Waals surface area contributed by atoms with Crippen LogP contribution < -0.4 is 14.8 Å². The van der Waals surface area contributed by atoms with Gasteiger partial charge in [0.05, 0.1) is 0 Å². The molecule has 5 nitrogen and oxygen atoms in total. The number of hydrogen-bond acceptors (Lipinski definition) is 4. The van der Waals surface area contributed by atoms with Crippen LogP contribution in [0.2, 0.25) is 0 Å². The second-order valence-electron chi connectivity index (χ2n) is 6.36. The number of fused-ring (bicyclic) bond motifs is 1. The molecular weight excluding hydrogens is 392 g/mol. The summed E-state index contributed by atoms with van der Waals surface area (Å²) in [6, 6.07) is 22.2. The standard InChI is InChI=1S/C23H17F2NO4/c24-23(25)29-17-12-10-15(11-13-17)26-22(27)21-19(14-28-16-6-2-1-3-7-16)18-8-4-5-9-20(18)30-21/h1-13,23H,14H2,(H,26,27). The summed E-state index contributed by atoms with van der Waals surface area (Å²) in [5.74, 6) is 0.327. The van der Waals surface area contributed by atoms with Gasteiger partial charge >= 0.3 is 6.61 Å². The van der Waals surface area contributed by atoms with Crippen molar-refractivity contribution < 1.29 is 27.5 Å². The van der Waals surface area contributed by atoms with Gasteiger partial charge in [-0.3, -0.25) is 4.79 Å². The summed E-state index contributed by atoms with van der Waals surface area (Å²) in [5, 5.41) is 3.48. The van der Waals surface area contributed by atoms with Crippen LogP contribution in [0.25, 0.3) is 11.0 Å². The number of amides is 1. The molecule has 0 saturated heterocycles. The van der Waals surface area contributed by atoms with E-state index >= 15 is 0 Å². The maximum absolute atomic E-state index is 12.9. The van der Waals surface area contributed by atoms with E-state index in [9.17, 15) is 13.6 Å². The Balaban J connectivity index is 1.57. The van der Waals surface area contributed by atoms with E-state index in [-0.39, 0.29) is 18.1 Å². The lowest BCUT2D eigenvalue weighted by Crippen LogP contribution is -2.14. The summed E-state index contributed by atoms with van der Waals surface area (Å²) in [6.07, 6.45) is 0. The fourth-order valence-corrected chi connectivity index (χ4v) is 3.01. The van der Waals surface area contributed by atoms with Gasteiger partial charge in [-0.25, -0.2) is 0 Å². The lowest BCUT2D eigenvalue weighted by Gasteiger charge is -2.09. The Kier molecular flexibility index (Phi) is 5.61. The van der Waals surface area contributed by atoms with Gasteiger partial charge in [-0.05, 0) is 42.5 Å². The Bertz CT molecular complexity index is 1140. The van der Waals surface area contributed by atoms with Crippen molar-refractivity contribution in [3.63, 3.8) is 0 Å². The van der Waals surface area contributed by atoms with Crippen molar-refractivity contribution in [3.05, 3.63) is 90.2 Å². The zero-order chi connectivity index (χ0) is 20.9. The SMILES string of the molecule is O=C(Nc1ccc(OC(F)F)cc1)c1oc2ccccc2c1COc1ccccc1. The van der Waals surface area contributed by atoms with E-state index in [1.807, 2.05) is 48.5 Å². The zero-order valence-corrected chi connectivity index (χ0v) is 15.7. The van der Waals surface area contributed by atoms with E-state index < -0.39 is 12.5 Å². The molecule has 4 aromatic rings. The van der Waals surface area contributed by atoms with Crippen LogP contribution in [-0.4, -0.2) is 12.5 Å². The van der Waals surface area contributed by atoms with Crippen molar-refractivity contribution in [2.24, 2.45) is 0 Å². The molecule has 0 atom stereocenters. The van der Waals surface area contributed by atoms with E-state index in [2.05, 4.69) is 10.1 Å². The van der Waals surface area contributed by atoms with Gasteiger partial charge in [0.1, 0.15) is 23.7 Å². The number of carbonyl (C=O) groups is 1. The Morgan fingerprint density at radius 1 is 0.900 bits per heavy atom. The number of alkyl halides is 2. The summed E-state index contributed by atoms with van der Waals surface area (Å²) in [5.41, 5.74) is 1.59. The third kappa shape index (κ3) is 4.41. The molecule has 0 spiro atoms. The average Bonchev–Trinajstić information content (AvgIpc) is 3.13. The lowest BCUT2D eigenvalue weighted by atomic mass is 10.1. The van der Waals surface area contributed by atoms with Crippen LogP contribution in [0.15, 0.2) is 83.3 Å². The van der Waals surface area contributed by atoms with Crippen molar-refractivity contribution >= 4 is 22.6 Å². The molecule has 152 valence electrons. The normalized spacial score (nSPS) is 10.9. The smallest absolute Gasteiger partial charge is 0.387 e. The van der Waals surface area contributed by atoms with Gasteiger partial charge in [0.2, 0.25) is 0 Å². The molecule has 0 fully saturated rings. The molecule has 0 unspecified atom stereocenters. The van der Waals surface area contributed by atoms with Crippen LogP contribution in [0, 0.1) is 0 Å². The van der Waals surface area contributed by atoms with Crippen molar-refractivity contribution in [3.8, 4) is 11.5 Å². The number of halogens is 2. The second kappa shape index (κ2) is 8.65. The molecule has 0 bridgehead atoms. The fourth-order valence-electron chi connectivity index (χ4n) is 3.01. The molecule has 7 heteroatoms.